The second-order valence-corrected chi connectivity index (χ2v) is 6.02. The van der Waals surface area contributed by atoms with Crippen molar-refractivity contribution >= 4 is 0 Å². The minimum atomic E-state index is -4.07. The Bertz CT molecular complexity index is 424. The van der Waals surface area contributed by atoms with E-state index in [1.807, 2.05) is 31.2 Å². The minimum Gasteiger partial charge on any atom is -0.327 e. The predicted molar refractivity (Wildman–Crippen MR) is 74.4 cm³/mol. The topological polar surface area (TPSA) is 26.0 Å². The summed E-state index contributed by atoms with van der Waals surface area (Å²) in [4.78, 5) is 0. The first-order valence-electron chi connectivity index (χ1n) is 7.24. The average molecular weight is 285 g/mol. The van der Waals surface area contributed by atoms with Crippen molar-refractivity contribution in [1.29, 1.82) is 0 Å². The van der Waals surface area contributed by atoms with Gasteiger partial charge in [-0.1, -0.05) is 36.2 Å². The van der Waals surface area contributed by atoms with Gasteiger partial charge in [0.25, 0.3) is 0 Å². The van der Waals surface area contributed by atoms with Crippen molar-refractivity contribution in [2.24, 2.45) is 17.6 Å². The third-order valence-electron chi connectivity index (χ3n) is 4.38. The molecule has 1 aliphatic rings. The van der Waals surface area contributed by atoms with Crippen molar-refractivity contribution in [2.45, 2.75) is 51.2 Å². The molecule has 1 aromatic rings. The quantitative estimate of drug-likeness (QED) is 0.883. The molecule has 3 atom stereocenters. The molecule has 0 heterocycles. The highest BCUT2D eigenvalue weighted by Crippen LogP contribution is 2.40. The maximum Gasteiger partial charge on any atom is 0.391 e. The second kappa shape index (κ2) is 6.17. The van der Waals surface area contributed by atoms with Gasteiger partial charge in [-0.3, -0.25) is 0 Å². The van der Waals surface area contributed by atoms with Gasteiger partial charge in [-0.15, -0.1) is 0 Å². The summed E-state index contributed by atoms with van der Waals surface area (Å²) >= 11 is 0. The summed E-state index contributed by atoms with van der Waals surface area (Å²) in [6.07, 6.45) is -1.50. The first-order valence-corrected chi connectivity index (χ1v) is 7.24. The van der Waals surface area contributed by atoms with E-state index < -0.39 is 12.1 Å². The summed E-state index contributed by atoms with van der Waals surface area (Å²) in [6.45, 7) is 2.01. The predicted octanol–water partition coefficient (Wildman–Crippen LogP) is 4.23. The number of halogens is 3. The molecule has 0 amide bonds. The van der Waals surface area contributed by atoms with Gasteiger partial charge >= 0.3 is 6.18 Å². The largest absolute Gasteiger partial charge is 0.391 e. The van der Waals surface area contributed by atoms with Gasteiger partial charge in [-0.05, 0) is 44.1 Å². The van der Waals surface area contributed by atoms with Crippen LogP contribution in [0.5, 0.6) is 0 Å². The number of nitrogens with two attached hydrogens (primary N) is 1. The summed E-state index contributed by atoms with van der Waals surface area (Å²) in [5, 5.41) is 0. The van der Waals surface area contributed by atoms with Crippen LogP contribution in [-0.4, -0.2) is 12.2 Å². The van der Waals surface area contributed by atoms with Gasteiger partial charge in [-0.2, -0.15) is 13.2 Å². The highest BCUT2D eigenvalue weighted by molar-refractivity contribution is 5.22. The van der Waals surface area contributed by atoms with Gasteiger partial charge in [0, 0.05) is 6.04 Å². The number of hydrogen-bond donors (Lipinski definition) is 1. The first-order chi connectivity index (χ1) is 9.36. The van der Waals surface area contributed by atoms with E-state index >= 15 is 0 Å². The van der Waals surface area contributed by atoms with Gasteiger partial charge in [0.2, 0.25) is 0 Å². The van der Waals surface area contributed by atoms with E-state index in [1.54, 1.807) is 0 Å². The molecule has 112 valence electrons. The van der Waals surface area contributed by atoms with Crippen LogP contribution in [0.25, 0.3) is 0 Å². The molecule has 3 unspecified atom stereocenters. The lowest BCUT2D eigenvalue weighted by atomic mass is 9.76. The van der Waals surface area contributed by atoms with E-state index in [-0.39, 0.29) is 24.8 Å². The van der Waals surface area contributed by atoms with Crippen LogP contribution in [0.15, 0.2) is 24.3 Å². The summed E-state index contributed by atoms with van der Waals surface area (Å²) in [5.74, 6) is -1.18. The van der Waals surface area contributed by atoms with Crippen molar-refractivity contribution in [3.63, 3.8) is 0 Å². The van der Waals surface area contributed by atoms with Crippen LogP contribution in [0.4, 0.5) is 13.2 Å². The molecule has 0 bridgehead atoms. The third-order valence-corrected chi connectivity index (χ3v) is 4.38. The number of benzene rings is 1. The molecular formula is C16H22F3N. The molecule has 1 saturated carbocycles. The smallest absolute Gasteiger partial charge is 0.327 e. The fourth-order valence-corrected chi connectivity index (χ4v) is 3.08. The Hall–Kier alpha value is -1.03. The average Bonchev–Trinajstić information content (AvgIpc) is 2.40. The van der Waals surface area contributed by atoms with Crippen LogP contribution in [0.3, 0.4) is 0 Å². The first kappa shape index (κ1) is 15.4. The Morgan fingerprint density at radius 2 is 1.85 bits per heavy atom. The molecule has 0 radical (unpaired) electrons. The number of aryl methyl sites for hydroxylation is 1. The number of rotatable bonds is 3. The highest BCUT2D eigenvalue weighted by atomic mass is 19.4. The zero-order valence-corrected chi connectivity index (χ0v) is 11.8. The van der Waals surface area contributed by atoms with Gasteiger partial charge in [0.1, 0.15) is 0 Å². The van der Waals surface area contributed by atoms with Gasteiger partial charge in [0.15, 0.2) is 0 Å². The molecule has 1 aliphatic carbocycles. The van der Waals surface area contributed by atoms with E-state index in [0.29, 0.717) is 12.8 Å². The standard InChI is InChI=1S/C16H22F3N/c1-11-5-7-12(8-6-11)9-15(20)13-3-2-4-14(10-13)16(17,18)19/h5-8,13-15H,2-4,9-10,20H2,1H3. The van der Waals surface area contributed by atoms with Crippen molar-refractivity contribution in [1.82, 2.24) is 0 Å². The van der Waals surface area contributed by atoms with Crippen molar-refractivity contribution in [3.8, 4) is 0 Å². The normalized spacial score (nSPS) is 25.4. The summed E-state index contributed by atoms with van der Waals surface area (Å²) < 4.78 is 38.4. The Morgan fingerprint density at radius 3 is 2.45 bits per heavy atom. The fourth-order valence-electron chi connectivity index (χ4n) is 3.08. The third kappa shape index (κ3) is 3.98. The van der Waals surface area contributed by atoms with Crippen LogP contribution in [0.2, 0.25) is 0 Å². The summed E-state index contributed by atoms with van der Waals surface area (Å²) in [6, 6.07) is 7.88. The van der Waals surface area contributed by atoms with Crippen LogP contribution in [0.1, 0.15) is 36.8 Å². The Balaban J connectivity index is 1.95. The zero-order chi connectivity index (χ0) is 14.8. The van der Waals surface area contributed by atoms with Gasteiger partial charge < -0.3 is 5.73 Å². The fraction of sp³-hybridized carbons (Fsp3) is 0.625. The van der Waals surface area contributed by atoms with E-state index in [1.165, 1.54) is 5.56 Å². The molecule has 2 N–H and O–H groups in total. The molecule has 1 nitrogen and oxygen atoms in total. The SMILES string of the molecule is Cc1ccc(CC(N)C2CCCC(C(F)(F)F)C2)cc1. The monoisotopic (exact) mass is 285 g/mol. The molecule has 4 heteroatoms. The van der Waals surface area contributed by atoms with Crippen LogP contribution < -0.4 is 5.73 Å². The molecular weight excluding hydrogens is 263 g/mol. The molecule has 1 aromatic carbocycles. The second-order valence-electron chi connectivity index (χ2n) is 6.02. The van der Waals surface area contributed by atoms with E-state index in [9.17, 15) is 13.2 Å². The number of alkyl halides is 3. The van der Waals surface area contributed by atoms with Crippen LogP contribution in [-0.2, 0) is 6.42 Å². The molecule has 0 aromatic heterocycles. The maximum atomic E-state index is 12.8. The Morgan fingerprint density at radius 1 is 1.20 bits per heavy atom. The molecule has 1 fully saturated rings. The summed E-state index contributed by atoms with van der Waals surface area (Å²) in [5.41, 5.74) is 8.44. The lowest BCUT2D eigenvalue weighted by Gasteiger charge is -2.33. The summed E-state index contributed by atoms with van der Waals surface area (Å²) in [7, 11) is 0. The van der Waals surface area contributed by atoms with Crippen molar-refractivity contribution < 1.29 is 13.2 Å². The molecule has 0 spiro atoms. The van der Waals surface area contributed by atoms with Crippen LogP contribution in [0, 0.1) is 18.8 Å². The highest BCUT2D eigenvalue weighted by Gasteiger charge is 2.43. The van der Waals surface area contributed by atoms with E-state index in [2.05, 4.69) is 0 Å². The minimum absolute atomic E-state index is 0.0170. The van der Waals surface area contributed by atoms with Crippen LogP contribution >= 0.6 is 0 Å². The van der Waals surface area contributed by atoms with E-state index in [0.717, 1.165) is 12.0 Å². The van der Waals surface area contributed by atoms with Gasteiger partial charge in [0.05, 0.1) is 5.92 Å². The Labute approximate surface area is 118 Å². The van der Waals surface area contributed by atoms with Crippen molar-refractivity contribution in [3.05, 3.63) is 35.4 Å². The molecule has 0 saturated heterocycles. The lowest BCUT2D eigenvalue weighted by Crippen LogP contribution is -2.38. The number of hydrogen-bond acceptors (Lipinski definition) is 1. The Kier molecular flexibility index (Phi) is 4.74. The zero-order valence-electron chi connectivity index (χ0n) is 11.8. The maximum absolute atomic E-state index is 12.8. The van der Waals surface area contributed by atoms with Crippen molar-refractivity contribution in [2.75, 3.05) is 0 Å². The molecule has 2 rings (SSSR count). The molecule has 0 aliphatic heterocycles. The molecule has 20 heavy (non-hydrogen) atoms. The van der Waals surface area contributed by atoms with Gasteiger partial charge in [-0.25, -0.2) is 0 Å². The van der Waals surface area contributed by atoms with E-state index in [4.69, 9.17) is 5.73 Å². The lowest BCUT2D eigenvalue weighted by molar-refractivity contribution is -0.186.